The van der Waals surface area contributed by atoms with Gasteiger partial charge in [-0.15, -0.1) is 0 Å². The van der Waals surface area contributed by atoms with Crippen LogP contribution in [0, 0.1) is 34.6 Å². The van der Waals surface area contributed by atoms with Crippen molar-refractivity contribution in [3.63, 3.8) is 0 Å². The van der Waals surface area contributed by atoms with Gasteiger partial charge in [-0.2, -0.15) is 4.31 Å². The van der Waals surface area contributed by atoms with Crippen molar-refractivity contribution in [3.8, 4) is 0 Å². The minimum Gasteiger partial charge on any atom is -0.480 e. The molecule has 1 aromatic carbocycles. The maximum absolute atomic E-state index is 13.2. The lowest BCUT2D eigenvalue weighted by Gasteiger charge is -2.36. The van der Waals surface area contributed by atoms with Gasteiger partial charge in [0.1, 0.15) is 6.04 Å². The molecule has 1 fully saturated rings. The molecule has 0 unspecified atom stereocenters. The number of hydrogen-bond acceptors (Lipinski definition) is 4. The van der Waals surface area contributed by atoms with Crippen LogP contribution in [0.4, 0.5) is 0 Å². The SMILES string of the molecule is Cc1c(C)c(C)c(S(=O)(=O)N2CCN([C@H](C)C(=O)O)CC2)c(C)c1C. The van der Waals surface area contributed by atoms with Crippen LogP contribution in [0.25, 0.3) is 0 Å². The zero-order valence-electron chi connectivity index (χ0n) is 15.9. The number of piperazine rings is 1. The van der Waals surface area contributed by atoms with E-state index in [2.05, 4.69) is 0 Å². The zero-order chi connectivity index (χ0) is 19.1. The first kappa shape index (κ1) is 19.9. The average Bonchev–Trinajstić information content (AvgIpc) is 2.57. The molecule has 1 N–H and O–H groups in total. The Labute approximate surface area is 150 Å². The van der Waals surface area contributed by atoms with Crippen LogP contribution in [0.2, 0.25) is 0 Å². The highest BCUT2D eigenvalue weighted by atomic mass is 32.2. The van der Waals surface area contributed by atoms with Crippen molar-refractivity contribution in [1.82, 2.24) is 9.21 Å². The number of nitrogens with zero attached hydrogens (tertiary/aromatic N) is 2. The number of aliphatic carboxylic acids is 1. The van der Waals surface area contributed by atoms with Crippen molar-refractivity contribution in [3.05, 3.63) is 27.8 Å². The Morgan fingerprint density at radius 2 is 1.28 bits per heavy atom. The van der Waals surface area contributed by atoms with E-state index in [1.165, 1.54) is 4.31 Å². The Bertz CT molecular complexity index is 765. The van der Waals surface area contributed by atoms with Gasteiger partial charge in [0.25, 0.3) is 0 Å². The third-order valence-electron chi connectivity index (χ3n) is 5.71. The first-order valence-electron chi connectivity index (χ1n) is 8.54. The number of hydrogen-bond donors (Lipinski definition) is 1. The summed E-state index contributed by atoms with van der Waals surface area (Å²) in [6.07, 6.45) is 0. The van der Waals surface area contributed by atoms with Crippen molar-refractivity contribution in [1.29, 1.82) is 0 Å². The highest BCUT2D eigenvalue weighted by Gasteiger charge is 2.34. The highest BCUT2D eigenvalue weighted by molar-refractivity contribution is 7.89. The van der Waals surface area contributed by atoms with Crippen molar-refractivity contribution in [2.75, 3.05) is 26.2 Å². The van der Waals surface area contributed by atoms with Crippen LogP contribution in [0.3, 0.4) is 0 Å². The second-order valence-corrected chi connectivity index (χ2v) is 8.78. The average molecular weight is 368 g/mol. The van der Waals surface area contributed by atoms with Crippen LogP contribution in [0.15, 0.2) is 4.90 Å². The quantitative estimate of drug-likeness (QED) is 0.880. The molecule has 1 aliphatic heterocycles. The normalized spacial score (nSPS) is 18.3. The molecule has 1 aromatic rings. The molecule has 0 aliphatic carbocycles. The highest BCUT2D eigenvalue weighted by Crippen LogP contribution is 2.32. The summed E-state index contributed by atoms with van der Waals surface area (Å²) in [7, 11) is -3.60. The van der Waals surface area contributed by atoms with Crippen LogP contribution in [0.5, 0.6) is 0 Å². The fourth-order valence-electron chi connectivity index (χ4n) is 3.47. The molecule has 25 heavy (non-hydrogen) atoms. The van der Waals surface area contributed by atoms with Crippen LogP contribution < -0.4 is 0 Å². The summed E-state index contributed by atoms with van der Waals surface area (Å²) in [5.41, 5.74) is 4.78. The van der Waals surface area contributed by atoms with Gasteiger partial charge >= 0.3 is 5.97 Å². The van der Waals surface area contributed by atoms with Crippen LogP contribution >= 0.6 is 0 Å². The standard InChI is InChI=1S/C18H28N2O4S/c1-11-12(2)14(4)17(15(5)13(11)3)25(23,24)20-9-7-19(8-10-20)16(6)18(21)22/h16H,7-10H2,1-6H3,(H,21,22)/t16-/m1/s1. The van der Waals surface area contributed by atoms with Crippen molar-refractivity contribution < 1.29 is 18.3 Å². The predicted molar refractivity (Wildman–Crippen MR) is 97.6 cm³/mol. The largest absolute Gasteiger partial charge is 0.480 e. The third-order valence-corrected chi connectivity index (χ3v) is 7.88. The molecule has 0 aromatic heterocycles. The van der Waals surface area contributed by atoms with E-state index in [0.29, 0.717) is 31.1 Å². The molecular weight excluding hydrogens is 340 g/mol. The van der Waals surface area contributed by atoms with Gasteiger partial charge in [-0.3, -0.25) is 9.69 Å². The molecular formula is C18H28N2O4S. The van der Waals surface area contributed by atoms with Crippen LogP contribution in [-0.4, -0.2) is 60.9 Å². The topological polar surface area (TPSA) is 77.9 Å². The summed E-state index contributed by atoms with van der Waals surface area (Å²) in [5, 5.41) is 9.12. The Balaban J connectivity index is 2.35. The lowest BCUT2D eigenvalue weighted by atomic mass is 9.95. The van der Waals surface area contributed by atoms with E-state index in [1.54, 1.807) is 11.8 Å². The number of carboxylic acids is 1. The fourth-order valence-corrected chi connectivity index (χ4v) is 5.45. The minimum absolute atomic E-state index is 0.310. The maximum Gasteiger partial charge on any atom is 0.320 e. The van der Waals surface area contributed by atoms with Crippen LogP contribution in [0.1, 0.15) is 34.7 Å². The zero-order valence-corrected chi connectivity index (χ0v) is 16.7. The summed E-state index contributed by atoms with van der Waals surface area (Å²) in [6.45, 7) is 12.8. The Kier molecular flexibility index (Phi) is 5.61. The second kappa shape index (κ2) is 7.05. The lowest BCUT2D eigenvalue weighted by molar-refractivity contribution is -0.143. The van der Waals surface area contributed by atoms with Crippen LogP contribution in [-0.2, 0) is 14.8 Å². The van der Waals surface area contributed by atoms with E-state index in [1.807, 2.05) is 34.6 Å². The Hall–Kier alpha value is -1.44. The van der Waals surface area contributed by atoms with Gasteiger partial charge in [-0.1, -0.05) is 0 Å². The lowest BCUT2D eigenvalue weighted by Crippen LogP contribution is -2.53. The molecule has 0 amide bonds. The van der Waals surface area contributed by atoms with Gasteiger partial charge in [0, 0.05) is 26.2 Å². The van der Waals surface area contributed by atoms with Gasteiger partial charge in [0.05, 0.1) is 4.90 Å². The molecule has 6 nitrogen and oxygen atoms in total. The molecule has 0 radical (unpaired) electrons. The molecule has 7 heteroatoms. The smallest absolute Gasteiger partial charge is 0.320 e. The summed E-state index contributed by atoms with van der Waals surface area (Å²) < 4.78 is 28.0. The van der Waals surface area contributed by atoms with Gasteiger partial charge in [0.15, 0.2) is 0 Å². The monoisotopic (exact) mass is 368 g/mol. The van der Waals surface area contributed by atoms with Gasteiger partial charge in [0.2, 0.25) is 10.0 Å². The van der Waals surface area contributed by atoms with Gasteiger partial charge in [-0.05, 0) is 69.4 Å². The first-order valence-corrected chi connectivity index (χ1v) is 9.98. The van der Waals surface area contributed by atoms with E-state index in [4.69, 9.17) is 5.11 Å². The first-order chi connectivity index (χ1) is 11.5. The van der Waals surface area contributed by atoms with Gasteiger partial charge in [-0.25, -0.2) is 8.42 Å². The predicted octanol–water partition coefficient (Wildman–Crippen LogP) is 2.01. The number of carbonyl (C=O) groups is 1. The number of carboxylic acid groups (broad SMARTS) is 1. The number of rotatable bonds is 4. The van der Waals surface area contributed by atoms with Gasteiger partial charge < -0.3 is 5.11 Å². The molecule has 0 bridgehead atoms. The molecule has 1 atom stereocenters. The number of sulfonamides is 1. The summed E-state index contributed by atoms with van der Waals surface area (Å²) >= 11 is 0. The second-order valence-electron chi connectivity index (χ2n) is 6.91. The van der Waals surface area contributed by atoms with E-state index in [0.717, 1.165) is 27.8 Å². The summed E-state index contributed by atoms with van der Waals surface area (Å²) in [6, 6.07) is -0.600. The molecule has 1 saturated heterocycles. The van der Waals surface area contributed by atoms with E-state index in [-0.39, 0.29) is 0 Å². The van der Waals surface area contributed by atoms with Crippen molar-refractivity contribution in [2.24, 2.45) is 0 Å². The van der Waals surface area contributed by atoms with Crippen molar-refractivity contribution >= 4 is 16.0 Å². The molecule has 1 aliphatic rings. The molecule has 0 spiro atoms. The van der Waals surface area contributed by atoms with E-state index < -0.39 is 22.0 Å². The molecule has 140 valence electrons. The van der Waals surface area contributed by atoms with E-state index in [9.17, 15) is 13.2 Å². The van der Waals surface area contributed by atoms with E-state index >= 15 is 0 Å². The fraction of sp³-hybridized carbons (Fsp3) is 0.611. The summed E-state index contributed by atoms with van der Waals surface area (Å²) in [4.78, 5) is 13.3. The Morgan fingerprint density at radius 1 is 0.880 bits per heavy atom. The third kappa shape index (κ3) is 3.45. The molecule has 0 saturated carbocycles. The minimum atomic E-state index is -3.60. The Morgan fingerprint density at radius 3 is 1.68 bits per heavy atom. The maximum atomic E-state index is 13.2. The molecule has 2 rings (SSSR count). The molecule has 1 heterocycles. The number of benzene rings is 1. The summed E-state index contributed by atoms with van der Waals surface area (Å²) in [5.74, 6) is -0.882. The van der Waals surface area contributed by atoms with Crippen molar-refractivity contribution in [2.45, 2.75) is 52.5 Å².